The van der Waals surface area contributed by atoms with Crippen LogP contribution in [0.15, 0.2) is 48.5 Å². The maximum absolute atomic E-state index is 12.8. The molecule has 23 heavy (non-hydrogen) atoms. The predicted molar refractivity (Wildman–Crippen MR) is 92.2 cm³/mol. The number of carbonyl (C=O) groups excluding carboxylic acids is 1. The molecule has 2 nitrogen and oxygen atoms in total. The summed E-state index contributed by atoms with van der Waals surface area (Å²) in [5.74, 6) is -0.273. The second kappa shape index (κ2) is 7.40. The van der Waals surface area contributed by atoms with Crippen LogP contribution in [-0.4, -0.2) is 12.5 Å². The van der Waals surface area contributed by atoms with Gasteiger partial charge in [-0.1, -0.05) is 45.0 Å². The summed E-state index contributed by atoms with van der Waals surface area (Å²) in [6.07, 6.45) is 1.65. The van der Waals surface area contributed by atoms with E-state index in [2.05, 4.69) is 26.1 Å². The van der Waals surface area contributed by atoms with Gasteiger partial charge < -0.3 is 5.32 Å². The van der Waals surface area contributed by atoms with Crippen LogP contribution in [0.25, 0.3) is 0 Å². The first-order valence-electron chi connectivity index (χ1n) is 7.99. The minimum atomic E-state index is -0.222. The molecule has 1 N–H and O–H groups in total. The molecular weight excluding hydrogens is 289 g/mol. The average molecular weight is 313 g/mol. The fraction of sp³-hybridized carbons (Fsp3) is 0.350. The quantitative estimate of drug-likeness (QED) is 0.810. The molecule has 0 unspecified atom stereocenters. The lowest BCUT2D eigenvalue weighted by molar-refractivity contribution is 0.0953. The van der Waals surface area contributed by atoms with Crippen LogP contribution < -0.4 is 5.32 Å². The summed E-state index contributed by atoms with van der Waals surface area (Å²) >= 11 is 0. The number of carbonyl (C=O) groups is 1. The van der Waals surface area contributed by atoms with Gasteiger partial charge in [0.25, 0.3) is 5.91 Å². The zero-order chi connectivity index (χ0) is 16.9. The van der Waals surface area contributed by atoms with Crippen LogP contribution >= 0.6 is 0 Å². The molecule has 0 aliphatic heterocycles. The van der Waals surface area contributed by atoms with Gasteiger partial charge in [-0.3, -0.25) is 4.79 Å². The number of aryl methyl sites for hydroxylation is 1. The molecule has 3 heteroatoms. The lowest BCUT2D eigenvalue weighted by Gasteiger charge is -2.19. The van der Waals surface area contributed by atoms with Crippen LogP contribution in [-0.2, 0) is 11.8 Å². The van der Waals surface area contributed by atoms with E-state index >= 15 is 0 Å². The van der Waals surface area contributed by atoms with Crippen LogP contribution in [0, 0.1) is 5.82 Å². The lowest BCUT2D eigenvalue weighted by Crippen LogP contribution is -2.25. The zero-order valence-corrected chi connectivity index (χ0v) is 14.0. The normalized spacial score (nSPS) is 11.3. The van der Waals surface area contributed by atoms with Crippen molar-refractivity contribution in [1.82, 2.24) is 5.32 Å². The third-order valence-corrected chi connectivity index (χ3v) is 3.85. The molecule has 0 fully saturated rings. The van der Waals surface area contributed by atoms with Crippen LogP contribution in [0.1, 0.15) is 48.7 Å². The third kappa shape index (κ3) is 5.20. The Morgan fingerprint density at radius 1 is 1.00 bits per heavy atom. The summed E-state index contributed by atoms with van der Waals surface area (Å²) < 4.78 is 12.8. The SMILES string of the molecule is CC(C)(C)c1ccc(C(=O)NCCCc2ccc(F)cc2)cc1. The number of rotatable bonds is 5. The van der Waals surface area contributed by atoms with Crippen LogP contribution in [0.2, 0.25) is 0 Å². The van der Waals surface area contributed by atoms with Gasteiger partial charge in [-0.25, -0.2) is 4.39 Å². The third-order valence-electron chi connectivity index (χ3n) is 3.85. The number of benzene rings is 2. The molecule has 0 spiro atoms. The molecule has 122 valence electrons. The summed E-state index contributed by atoms with van der Waals surface area (Å²) in [6.45, 7) is 7.06. The Bertz CT molecular complexity index is 639. The molecule has 0 saturated carbocycles. The van der Waals surface area contributed by atoms with Gasteiger partial charge in [-0.05, 0) is 53.6 Å². The monoisotopic (exact) mass is 313 g/mol. The molecule has 2 aromatic rings. The highest BCUT2D eigenvalue weighted by Crippen LogP contribution is 2.22. The first-order valence-corrected chi connectivity index (χ1v) is 7.99. The number of hydrogen-bond acceptors (Lipinski definition) is 1. The molecule has 0 radical (unpaired) electrons. The van der Waals surface area contributed by atoms with E-state index in [1.807, 2.05) is 24.3 Å². The molecular formula is C20H24FNO. The highest BCUT2D eigenvalue weighted by molar-refractivity contribution is 5.94. The Morgan fingerprint density at radius 2 is 1.61 bits per heavy atom. The molecule has 0 heterocycles. The van der Waals surface area contributed by atoms with Crippen LogP contribution in [0.5, 0.6) is 0 Å². The van der Waals surface area contributed by atoms with E-state index in [1.54, 1.807) is 12.1 Å². The number of amides is 1. The molecule has 0 aromatic heterocycles. The Balaban J connectivity index is 1.79. The van der Waals surface area contributed by atoms with Crippen molar-refractivity contribution in [3.63, 3.8) is 0 Å². The Hall–Kier alpha value is -2.16. The van der Waals surface area contributed by atoms with E-state index in [4.69, 9.17) is 0 Å². The summed E-state index contributed by atoms with van der Waals surface area (Å²) in [5.41, 5.74) is 3.06. The number of halogens is 1. The first kappa shape index (κ1) is 17.2. The molecule has 0 atom stereocenters. The van der Waals surface area contributed by atoms with Crippen molar-refractivity contribution in [3.8, 4) is 0 Å². The molecule has 1 amide bonds. The van der Waals surface area contributed by atoms with E-state index < -0.39 is 0 Å². The van der Waals surface area contributed by atoms with Crippen molar-refractivity contribution >= 4 is 5.91 Å². The maximum atomic E-state index is 12.8. The molecule has 0 aliphatic rings. The smallest absolute Gasteiger partial charge is 0.251 e. The van der Waals surface area contributed by atoms with E-state index in [-0.39, 0.29) is 17.1 Å². The minimum Gasteiger partial charge on any atom is -0.352 e. The fourth-order valence-corrected chi connectivity index (χ4v) is 2.37. The highest BCUT2D eigenvalue weighted by atomic mass is 19.1. The van der Waals surface area contributed by atoms with Crippen molar-refractivity contribution in [2.45, 2.75) is 39.0 Å². The second-order valence-electron chi connectivity index (χ2n) is 6.81. The lowest BCUT2D eigenvalue weighted by atomic mass is 9.87. The van der Waals surface area contributed by atoms with Crippen molar-refractivity contribution in [1.29, 1.82) is 0 Å². The van der Waals surface area contributed by atoms with Gasteiger partial charge in [0.15, 0.2) is 0 Å². The van der Waals surface area contributed by atoms with Crippen LogP contribution in [0.3, 0.4) is 0 Å². The van der Waals surface area contributed by atoms with E-state index in [0.29, 0.717) is 12.1 Å². The summed E-state index contributed by atoms with van der Waals surface area (Å²) in [4.78, 5) is 12.1. The molecule has 0 bridgehead atoms. The zero-order valence-electron chi connectivity index (χ0n) is 14.0. The van der Waals surface area contributed by atoms with E-state index in [9.17, 15) is 9.18 Å². The Morgan fingerprint density at radius 3 is 2.17 bits per heavy atom. The van der Waals surface area contributed by atoms with Gasteiger partial charge >= 0.3 is 0 Å². The Labute approximate surface area is 137 Å². The van der Waals surface area contributed by atoms with Crippen molar-refractivity contribution in [2.24, 2.45) is 0 Å². The van der Waals surface area contributed by atoms with E-state index in [0.717, 1.165) is 18.4 Å². The topological polar surface area (TPSA) is 29.1 Å². The number of hydrogen-bond donors (Lipinski definition) is 1. The summed E-state index contributed by atoms with van der Waals surface area (Å²) in [5, 5.41) is 2.93. The van der Waals surface area contributed by atoms with Gasteiger partial charge in [0.2, 0.25) is 0 Å². The summed E-state index contributed by atoms with van der Waals surface area (Å²) in [6, 6.07) is 14.2. The van der Waals surface area contributed by atoms with Crippen molar-refractivity contribution in [2.75, 3.05) is 6.54 Å². The highest BCUT2D eigenvalue weighted by Gasteiger charge is 2.14. The predicted octanol–water partition coefficient (Wildman–Crippen LogP) is 4.49. The van der Waals surface area contributed by atoms with Gasteiger partial charge in [0, 0.05) is 12.1 Å². The van der Waals surface area contributed by atoms with Gasteiger partial charge in [0.1, 0.15) is 5.82 Å². The fourth-order valence-electron chi connectivity index (χ4n) is 2.37. The molecule has 2 aromatic carbocycles. The first-order chi connectivity index (χ1) is 10.9. The average Bonchev–Trinajstić information content (AvgIpc) is 2.52. The standard InChI is InChI=1S/C20H24FNO/c1-20(2,3)17-10-8-16(9-11-17)19(23)22-14-4-5-15-6-12-18(21)13-7-15/h6-13H,4-5,14H2,1-3H3,(H,22,23). The second-order valence-corrected chi connectivity index (χ2v) is 6.81. The maximum Gasteiger partial charge on any atom is 0.251 e. The van der Waals surface area contributed by atoms with E-state index in [1.165, 1.54) is 17.7 Å². The van der Waals surface area contributed by atoms with Crippen molar-refractivity contribution < 1.29 is 9.18 Å². The molecule has 2 rings (SSSR count). The van der Waals surface area contributed by atoms with Crippen LogP contribution in [0.4, 0.5) is 4.39 Å². The summed E-state index contributed by atoms with van der Waals surface area (Å²) in [7, 11) is 0. The Kier molecular flexibility index (Phi) is 5.54. The van der Waals surface area contributed by atoms with Gasteiger partial charge in [-0.2, -0.15) is 0 Å². The molecule has 0 saturated heterocycles. The molecule has 0 aliphatic carbocycles. The van der Waals surface area contributed by atoms with Crippen molar-refractivity contribution in [3.05, 3.63) is 71.0 Å². The largest absolute Gasteiger partial charge is 0.352 e. The number of nitrogens with one attached hydrogen (secondary N) is 1. The minimum absolute atomic E-state index is 0.0513. The van der Waals surface area contributed by atoms with Gasteiger partial charge in [-0.15, -0.1) is 0 Å². The van der Waals surface area contributed by atoms with Gasteiger partial charge in [0.05, 0.1) is 0 Å².